The van der Waals surface area contributed by atoms with Crippen LogP contribution in [0.3, 0.4) is 0 Å². The number of carbonyl (C=O) groups is 2. The highest BCUT2D eigenvalue weighted by Crippen LogP contribution is 2.16. The van der Waals surface area contributed by atoms with Gasteiger partial charge in [0.25, 0.3) is 0 Å². The van der Waals surface area contributed by atoms with Gasteiger partial charge in [0.1, 0.15) is 0 Å². The summed E-state index contributed by atoms with van der Waals surface area (Å²) in [5, 5.41) is 11.1. The first-order valence-electron chi connectivity index (χ1n) is 5.32. The van der Waals surface area contributed by atoms with E-state index in [9.17, 15) is 18.0 Å². The van der Waals surface area contributed by atoms with E-state index in [0.29, 0.717) is 5.56 Å². The fourth-order valence-corrected chi connectivity index (χ4v) is 2.60. The molecule has 1 aromatic rings. The number of hydrogen-bond donors (Lipinski definition) is 3. The minimum atomic E-state index is -3.93. The molecule has 0 radical (unpaired) electrons. The third-order valence-corrected chi connectivity index (χ3v) is 3.97. The zero-order valence-electron chi connectivity index (χ0n) is 10.4. The molecule has 1 aromatic carbocycles. The third-order valence-electron chi connectivity index (χ3n) is 2.43. The van der Waals surface area contributed by atoms with E-state index in [4.69, 9.17) is 5.11 Å². The molecular formula is C11H14N2O5S. The average molecular weight is 286 g/mol. The standard InChI is InChI=1S/C11H14N2O5S/c1-7-3-4-8(11(15)16)5-9(7)19(17,18)13-6-10(14)12-2/h3-5,13H,6H2,1-2H3,(H,12,14)(H,15,16). The molecule has 0 aromatic heterocycles. The molecule has 0 saturated carbocycles. The predicted octanol–water partition coefficient (Wildman–Crippen LogP) is -0.282. The number of amides is 1. The number of likely N-dealkylation sites (N-methyl/N-ethyl adjacent to an activating group) is 1. The van der Waals surface area contributed by atoms with Crippen molar-refractivity contribution in [3.63, 3.8) is 0 Å². The largest absolute Gasteiger partial charge is 0.478 e. The van der Waals surface area contributed by atoms with E-state index in [1.807, 2.05) is 0 Å². The van der Waals surface area contributed by atoms with Crippen LogP contribution in [-0.4, -0.2) is 39.0 Å². The Morgan fingerprint density at radius 1 is 1.32 bits per heavy atom. The van der Waals surface area contributed by atoms with Crippen molar-refractivity contribution in [1.29, 1.82) is 0 Å². The first-order valence-corrected chi connectivity index (χ1v) is 6.80. The van der Waals surface area contributed by atoms with Crippen LogP contribution in [0, 0.1) is 6.92 Å². The van der Waals surface area contributed by atoms with Crippen LogP contribution in [0.5, 0.6) is 0 Å². The number of carboxylic acid groups (broad SMARTS) is 1. The van der Waals surface area contributed by atoms with E-state index in [-0.39, 0.29) is 10.5 Å². The maximum atomic E-state index is 12.0. The van der Waals surface area contributed by atoms with E-state index >= 15 is 0 Å². The third kappa shape index (κ3) is 3.76. The van der Waals surface area contributed by atoms with Crippen molar-refractivity contribution in [3.8, 4) is 0 Å². The summed E-state index contributed by atoms with van der Waals surface area (Å²) in [5.74, 6) is -1.71. The van der Waals surface area contributed by atoms with Crippen molar-refractivity contribution in [2.24, 2.45) is 0 Å². The number of benzene rings is 1. The number of rotatable bonds is 5. The number of aromatic carboxylic acids is 1. The zero-order chi connectivity index (χ0) is 14.6. The number of carboxylic acids is 1. The van der Waals surface area contributed by atoms with Gasteiger partial charge < -0.3 is 10.4 Å². The zero-order valence-corrected chi connectivity index (χ0v) is 11.2. The van der Waals surface area contributed by atoms with Gasteiger partial charge in [-0.1, -0.05) is 6.07 Å². The van der Waals surface area contributed by atoms with Crippen LogP contribution in [0.2, 0.25) is 0 Å². The molecule has 0 aliphatic rings. The first kappa shape index (κ1) is 15.1. The van der Waals surface area contributed by atoms with E-state index in [1.165, 1.54) is 19.2 Å². The predicted molar refractivity (Wildman–Crippen MR) is 67.4 cm³/mol. The van der Waals surface area contributed by atoms with Crippen molar-refractivity contribution < 1.29 is 23.1 Å². The fraction of sp³-hybridized carbons (Fsp3) is 0.273. The van der Waals surface area contributed by atoms with E-state index in [0.717, 1.165) is 6.07 Å². The molecule has 3 N–H and O–H groups in total. The lowest BCUT2D eigenvalue weighted by molar-refractivity contribution is -0.119. The van der Waals surface area contributed by atoms with E-state index in [1.54, 1.807) is 6.92 Å². The van der Waals surface area contributed by atoms with Crippen molar-refractivity contribution >= 4 is 21.9 Å². The SMILES string of the molecule is CNC(=O)CNS(=O)(=O)c1cc(C(=O)O)ccc1C. The molecule has 8 heteroatoms. The van der Waals surface area contributed by atoms with Crippen LogP contribution in [0.25, 0.3) is 0 Å². The molecule has 0 saturated heterocycles. The van der Waals surface area contributed by atoms with Crippen LogP contribution < -0.4 is 10.0 Å². The average Bonchev–Trinajstić information content (AvgIpc) is 2.36. The van der Waals surface area contributed by atoms with Gasteiger partial charge in [0.05, 0.1) is 17.0 Å². The topological polar surface area (TPSA) is 113 Å². The lowest BCUT2D eigenvalue weighted by Crippen LogP contribution is -2.35. The Morgan fingerprint density at radius 3 is 2.47 bits per heavy atom. The van der Waals surface area contributed by atoms with Crippen molar-refractivity contribution in [1.82, 2.24) is 10.0 Å². The summed E-state index contributed by atoms with van der Waals surface area (Å²) in [6.07, 6.45) is 0. The van der Waals surface area contributed by atoms with Gasteiger partial charge in [-0.25, -0.2) is 17.9 Å². The number of nitrogens with one attached hydrogen (secondary N) is 2. The highest BCUT2D eigenvalue weighted by molar-refractivity contribution is 7.89. The van der Waals surface area contributed by atoms with Gasteiger partial charge in [-0.3, -0.25) is 4.79 Å². The molecule has 0 unspecified atom stereocenters. The molecule has 104 valence electrons. The smallest absolute Gasteiger partial charge is 0.335 e. The lowest BCUT2D eigenvalue weighted by Gasteiger charge is -2.09. The number of aryl methyl sites for hydroxylation is 1. The number of carbonyl (C=O) groups excluding carboxylic acids is 1. The van der Waals surface area contributed by atoms with Gasteiger partial charge in [0, 0.05) is 7.05 Å². The fourth-order valence-electron chi connectivity index (χ4n) is 1.35. The van der Waals surface area contributed by atoms with Crippen LogP contribution in [-0.2, 0) is 14.8 Å². The summed E-state index contributed by atoms with van der Waals surface area (Å²) in [4.78, 5) is 21.7. The Balaban J connectivity index is 3.10. The molecule has 0 atom stereocenters. The van der Waals surface area contributed by atoms with Crippen molar-refractivity contribution in [2.75, 3.05) is 13.6 Å². The van der Waals surface area contributed by atoms with Gasteiger partial charge in [-0.15, -0.1) is 0 Å². The van der Waals surface area contributed by atoms with E-state index in [2.05, 4.69) is 10.0 Å². The second-order valence-electron chi connectivity index (χ2n) is 3.78. The Labute approximate surface area is 110 Å². The Morgan fingerprint density at radius 2 is 1.95 bits per heavy atom. The Hall–Kier alpha value is -1.93. The summed E-state index contributed by atoms with van der Waals surface area (Å²) >= 11 is 0. The molecule has 0 aliphatic carbocycles. The molecule has 0 spiro atoms. The monoisotopic (exact) mass is 286 g/mol. The van der Waals surface area contributed by atoms with Gasteiger partial charge in [0.15, 0.2) is 0 Å². The van der Waals surface area contributed by atoms with Crippen LogP contribution in [0.15, 0.2) is 23.1 Å². The second-order valence-corrected chi connectivity index (χ2v) is 5.52. The molecule has 0 aliphatic heterocycles. The highest BCUT2D eigenvalue weighted by atomic mass is 32.2. The van der Waals surface area contributed by atoms with Gasteiger partial charge in [0.2, 0.25) is 15.9 Å². The molecule has 1 rings (SSSR count). The second kappa shape index (κ2) is 5.81. The molecule has 0 bridgehead atoms. The minimum Gasteiger partial charge on any atom is -0.478 e. The summed E-state index contributed by atoms with van der Waals surface area (Å²) < 4.78 is 26.0. The van der Waals surface area contributed by atoms with Gasteiger partial charge >= 0.3 is 5.97 Å². The summed E-state index contributed by atoms with van der Waals surface area (Å²) in [5.41, 5.74) is 0.264. The van der Waals surface area contributed by atoms with Crippen LogP contribution in [0.1, 0.15) is 15.9 Å². The van der Waals surface area contributed by atoms with E-state index < -0.39 is 28.4 Å². The molecule has 7 nitrogen and oxygen atoms in total. The van der Waals surface area contributed by atoms with Gasteiger partial charge in [-0.05, 0) is 24.6 Å². The normalized spacial score (nSPS) is 11.1. The Kier molecular flexibility index (Phi) is 4.62. The van der Waals surface area contributed by atoms with Crippen LogP contribution in [0.4, 0.5) is 0 Å². The van der Waals surface area contributed by atoms with Crippen LogP contribution >= 0.6 is 0 Å². The lowest BCUT2D eigenvalue weighted by atomic mass is 10.1. The van der Waals surface area contributed by atoms with Crippen molar-refractivity contribution in [3.05, 3.63) is 29.3 Å². The highest BCUT2D eigenvalue weighted by Gasteiger charge is 2.19. The molecule has 0 fully saturated rings. The maximum absolute atomic E-state index is 12.0. The molecule has 19 heavy (non-hydrogen) atoms. The number of hydrogen-bond acceptors (Lipinski definition) is 4. The minimum absolute atomic E-state index is 0.133. The van der Waals surface area contributed by atoms with Gasteiger partial charge in [-0.2, -0.15) is 0 Å². The first-order chi connectivity index (χ1) is 8.77. The summed E-state index contributed by atoms with van der Waals surface area (Å²) in [7, 11) is -2.54. The molecular weight excluding hydrogens is 272 g/mol. The van der Waals surface area contributed by atoms with Crippen molar-refractivity contribution in [2.45, 2.75) is 11.8 Å². The quantitative estimate of drug-likeness (QED) is 0.689. The number of sulfonamides is 1. The molecule has 0 heterocycles. The summed E-state index contributed by atoms with van der Waals surface area (Å²) in [6.45, 7) is 1.13. The maximum Gasteiger partial charge on any atom is 0.335 e. The Bertz CT molecular complexity index is 610. The summed E-state index contributed by atoms with van der Waals surface area (Å²) in [6, 6.07) is 3.77. The molecule has 1 amide bonds.